The molecule has 0 aromatic heterocycles. The van der Waals surface area contributed by atoms with Crippen molar-refractivity contribution in [3.8, 4) is 0 Å². The minimum absolute atomic E-state index is 0.974. The van der Waals surface area contributed by atoms with Crippen LogP contribution in [0.4, 0.5) is 0 Å². The molecule has 0 heterocycles. The zero-order valence-electron chi connectivity index (χ0n) is 8.36. The number of thioether (sulfide) groups is 1. The van der Waals surface area contributed by atoms with Gasteiger partial charge in [0.2, 0.25) is 0 Å². The number of hydrogen-bond donors (Lipinski definition) is 0. The second-order valence-electron chi connectivity index (χ2n) is 2.79. The lowest BCUT2D eigenvalue weighted by atomic mass is 10.2. The van der Waals surface area contributed by atoms with Gasteiger partial charge in [0.25, 0.3) is 0 Å². The summed E-state index contributed by atoms with van der Waals surface area (Å²) in [5.74, 6) is 0. The molecular formula is C13H14S. The van der Waals surface area contributed by atoms with Crippen LogP contribution in [-0.2, 0) is 0 Å². The van der Waals surface area contributed by atoms with Gasteiger partial charge in [0, 0.05) is 9.81 Å². The first-order valence-corrected chi connectivity index (χ1v) is 5.30. The molecule has 0 unspecified atom stereocenters. The summed E-state index contributed by atoms with van der Waals surface area (Å²) in [7, 11) is 0. The van der Waals surface area contributed by atoms with Crippen molar-refractivity contribution in [2.45, 2.75) is 6.92 Å². The predicted molar refractivity (Wildman–Crippen MR) is 67.0 cm³/mol. The molecule has 0 aliphatic carbocycles. The summed E-state index contributed by atoms with van der Waals surface area (Å²) in [6.07, 6.45) is 3.87. The highest BCUT2D eigenvalue weighted by Gasteiger charge is 2.00. The van der Waals surface area contributed by atoms with Crippen molar-refractivity contribution in [3.63, 3.8) is 0 Å². The Hall–Kier alpha value is -1.21. The van der Waals surface area contributed by atoms with Gasteiger partial charge < -0.3 is 0 Å². The molecule has 0 fully saturated rings. The lowest BCUT2D eigenvalue weighted by molar-refractivity contribution is 1.63. The second kappa shape index (κ2) is 5.51. The van der Waals surface area contributed by atoms with Gasteiger partial charge in [-0.2, -0.15) is 0 Å². The lowest BCUT2D eigenvalue weighted by Gasteiger charge is -2.05. The van der Waals surface area contributed by atoms with Crippen LogP contribution in [0.5, 0.6) is 0 Å². The number of allylic oxidation sites excluding steroid dienone is 2. The third-order valence-corrected chi connectivity index (χ3v) is 2.91. The van der Waals surface area contributed by atoms with E-state index in [0.29, 0.717) is 0 Å². The maximum absolute atomic E-state index is 3.89. The van der Waals surface area contributed by atoms with Crippen molar-refractivity contribution in [1.29, 1.82) is 0 Å². The Morgan fingerprint density at radius 1 is 1.29 bits per heavy atom. The van der Waals surface area contributed by atoms with Crippen molar-refractivity contribution in [2.24, 2.45) is 0 Å². The molecule has 1 aromatic carbocycles. The van der Waals surface area contributed by atoms with Crippen LogP contribution in [0.15, 0.2) is 60.5 Å². The maximum Gasteiger partial charge on any atom is 0.0151 e. The molecule has 72 valence electrons. The van der Waals surface area contributed by atoms with E-state index < -0.39 is 0 Å². The van der Waals surface area contributed by atoms with E-state index in [2.05, 4.69) is 31.4 Å². The van der Waals surface area contributed by atoms with E-state index in [1.165, 1.54) is 10.5 Å². The van der Waals surface area contributed by atoms with Crippen molar-refractivity contribution < 1.29 is 0 Å². The van der Waals surface area contributed by atoms with Crippen LogP contribution >= 0.6 is 11.8 Å². The van der Waals surface area contributed by atoms with Crippen LogP contribution < -0.4 is 0 Å². The van der Waals surface area contributed by atoms with E-state index in [9.17, 15) is 0 Å². The summed E-state index contributed by atoms with van der Waals surface area (Å²) >= 11 is 1.65. The maximum atomic E-state index is 3.89. The zero-order valence-corrected chi connectivity index (χ0v) is 9.18. The van der Waals surface area contributed by atoms with E-state index in [0.717, 1.165) is 4.91 Å². The van der Waals surface area contributed by atoms with E-state index in [1.807, 2.05) is 25.1 Å². The van der Waals surface area contributed by atoms with Gasteiger partial charge in [0.15, 0.2) is 0 Å². The van der Waals surface area contributed by atoms with Crippen LogP contribution in [0, 0.1) is 0 Å². The van der Waals surface area contributed by atoms with E-state index in [-0.39, 0.29) is 0 Å². The Morgan fingerprint density at radius 2 is 1.93 bits per heavy atom. The van der Waals surface area contributed by atoms with E-state index in [4.69, 9.17) is 0 Å². The molecule has 0 saturated carbocycles. The highest BCUT2D eigenvalue weighted by molar-refractivity contribution is 8.11. The fourth-order valence-corrected chi connectivity index (χ4v) is 1.81. The molecule has 0 amide bonds. The van der Waals surface area contributed by atoms with E-state index >= 15 is 0 Å². The van der Waals surface area contributed by atoms with Crippen LogP contribution in [-0.4, -0.2) is 0 Å². The molecule has 0 aliphatic rings. The molecule has 14 heavy (non-hydrogen) atoms. The summed E-state index contributed by atoms with van der Waals surface area (Å²) in [4.78, 5) is 2.19. The minimum Gasteiger partial charge on any atom is -0.0980 e. The standard InChI is InChI=1S/C13H14S/c1-4-11(3)14-13(5-2)12-9-7-6-8-10-12/h4-10H,1,3H2,2H3/b13-5-. The highest BCUT2D eigenvalue weighted by atomic mass is 32.2. The summed E-state index contributed by atoms with van der Waals surface area (Å²) < 4.78 is 0. The topological polar surface area (TPSA) is 0 Å². The number of benzene rings is 1. The largest absolute Gasteiger partial charge is 0.0980 e. The summed E-state index contributed by atoms with van der Waals surface area (Å²) in [5.41, 5.74) is 1.23. The molecule has 0 radical (unpaired) electrons. The smallest absolute Gasteiger partial charge is 0.0151 e. The predicted octanol–water partition coefficient (Wildman–Crippen LogP) is 4.48. The first-order chi connectivity index (χ1) is 6.77. The zero-order chi connectivity index (χ0) is 10.4. The second-order valence-corrected chi connectivity index (χ2v) is 3.96. The van der Waals surface area contributed by atoms with Gasteiger partial charge in [-0.15, -0.1) is 0 Å². The number of hydrogen-bond acceptors (Lipinski definition) is 1. The van der Waals surface area contributed by atoms with Gasteiger partial charge in [0.05, 0.1) is 0 Å². The van der Waals surface area contributed by atoms with Gasteiger partial charge in [-0.25, -0.2) is 0 Å². The summed E-state index contributed by atoms with van der Waals surface area (Å²) in [6, 6.07) is 10.3. The first-order valence-electron chi connectivity index (χ1n) is 4.49. The average molecular weight is 202 g/mol. The fraction of sp³-hybridized carbons (Fsp3) is 0.0769. The third-order valence-electron chi connectivity index (χ3n) is 1.79. The van der Waals surface area contributed by atoms with Crippen LogP contribution in [0.2, 0.25) is 0 Å². The Bertz CT molecular complexity index is 347. The summed E-state index contributed by atoms with van der Waals surface area (Å²) in [5, 5.41) is 0. The molecule has 0 atom stereocenters. The normalized spacial score (nSPS) is 11.1. The van der Waals surface area contributed by atoms with Gasteiger partial charge in [0.1, 0.15) is 0 Å². The van der Waals surface area contributed by atoms with Crippen molar-refractivity contribution in [1.82, 2.24) is 0 Å². The quantitative estimate of drug-likeness (QED) is 0.649. The van der Waals surface area contributed by atoms with Crippen LogP contribution in [0.3, 0.4) is 0 Å². The van der Waals surface area contributed by atoms with Crippen molar-refractivity contribution >= 4 is 16.7 Å². The Balaban J connectivity index is 2.84. The molecule has 0 bridgehead atoms. The fourth-order valence-electron chi connectivity index (χ4n) is 1.07. The van der Waals surface area contributed by atoms with Crippen molar-refractivity contribution in [2.75, 3.05) is 0 Å². The molecule has 0 N–H and O–H groups in total. The molecular weight excluding hydrogens is 188 g/mol. The highest BCUT2D eigenvalue weighted by Crippen LogP contribution is 2.32. The summed E-state index contributed by atoms with van der Waals surface area (Å²) in [6.45, 7) is 9.62. The molecule has 0 spiro atoms. The SMILES string of the molecule is C=CC(=C)S/C(=C\C)c1ccccc1. The van der Waals surface area contributed by atoms with Gasteiger partial charge in [-0.05, 0) is 12.5 Å². The van der Waals surface area contributed by atoms with Gasteiger partial charge in [-0.3, -0.25) is 0 Å². The van der Waals surface area contributed by atoms with Gasteiger partial charge >= 0.3 is 0 Å². The van der Waals surface area contributed by atoms with Crippen LogP contribution in [0.1, 0.15) is 12.5 Å². The molecule has 1 heteroatoms. The molecule has 0 nitrogen and oxygen atoms in total. The van der Waals surface area contributed by atoms with Crippen molar-refractivity contribution in [3.05, 3.63) is 66.1 Å². The monoisotopic (exact) mass is 202 g/mol. The first kappa shape index (κ1) is 10.9. The third kappa shape index (κ3) is 2.93. The Labute approximate surface area is 90.0 Å². The van der Waals surface area contributed by atoms with Gasteiger partial charge in [-0.1, -0.05) is 67.4 Å². The minimum atomic E-state index is 0.974. The number of rotatable bonds is 4. The molecule has 0 saturated heterocycles. The Kier molecular flexibility index (Phi) is 4.27. The molecule has 0 aliphatic heterocycles. The Morgan fingerprint density at radius 3 is 2.43 bits per heavy atom. The molecule has 1 aromatic rings. The van der Waals surface area contributed by atoms with Crippen LogP contribution in [0.25, 0.3) is 4.91 Å². The lowest BCUT2D eigenvalue weighted by Crippen LogP contribution is -1.78. The molecule has 1 rings (SSSR count). The van der Waals surface area contributed by atoms with E-state index in [1.54, 1.807) is 17.8 Å². The average Bonchev–Trinajstić information content (AvgIpc) is 2.26.